The van der Waals surface area contributed by atoms with Crippen LogP contribution >= 0.6 is 0 Å². The van der Waals surface area contributed by atoms with Crippen LogP contribution in [0.2, 0.25) is 0 Å². The van der Waals surface area contributed by atoms with Crippen molar-refractivity contribution >= 4 is 5.91 Å². The molecule has 0 spiro atoms. The maximum absolute atomic E-state index is 13.2. The van der Waals surface area contributed by atoms with E-state index < -0.39 is 6.10 Å². The number of carbonyl (C=O) groups excluding carboxylic acids is 1. The van der Waals surface area contributed by atoms with E-state index in [0.717, 1.165) is 23.6 Å². The van der Waals surface area contributed by atoms with Crippen molar-refractivity contribution in [1.29, 1.82) is 0 Å². The van der Waals surface area contributed by atoms with E-state index in [2.05, 4.69) is 5.10 Å². The number of para-hydroxylation sites is 1. The molecule has 2 aliphatic heterocycles. The van der Waals surface area contributed by atoms with E-state index >= 15 is 0 Å². The lowest BCUT2D eigenvalue weighted by molar-refractivity contribution is -0.140. The number of rotatable bonds is 4. The van der Waals surface area contributed by atoms with Crippen molar-refractivity contribution in [3.8, 4) is 5.75 Å². The van der Waals surface area contributed by atoms with Crippen LogP contribution in [0.1, 0.15) is 24.1 Å². The van der Waals surface area contributed by atoms with Crippen molar-refractivity contribution in [1.82, 2.24) is 14.7 Å². The van der Waals surface area contributed by atoms with E-state index in [1.165, 1.54) is 12.8 Å². The van der Waals surface area contributed by atoms with E-state index in [4.69, 9.17) is 9.47 Å². The predicted octanol–water partition coefficient (Wildman–Crippen LogP) is 2.02. The number of fused-ring (bicyclic) bond motifs is 2. The molecule has 0 saturated heterocycles. The molecule has 1 fully saturated rings. The molecule has 1 saturated carbocycles. The Kier molecular flexibility index (Phi) is 3.93. The Labute approximate surface area is 152 Å². The smallest absolute Gasteiger partial charge is 0.264 e. The lowest BCUT2D eigenvalue weighted by Crippen LogP contribution is -2.44. The number of benzene rings is 1. The molecule has 1 amide bonds. The van der Waals surface area contributed by atoms with Gasteiger partial charge in [0.2, 0.25) is 0 Å². The van der Waals surface area contributed by atoms with Gasteiger partial charge in [0.25, 0.3) is 5.91 Å². The first-order chi connectivity index (χ1) is 12.8. The largest absolute Gasteiger partial charge is 0.480 e. The normalized spacial score (nSPS) is 24.5. The highest BCUT2D eigenvalue weighted by Crippen LogP contribution is 2.31. The summed E-state index contributed by atoms with van der Waals surface area (Å²) >= 11 is 0. The predicted molar refractivity (Wildman–Crippen MR) is 94.7 cm³/mol. The summed E-state index contributed by atoms with van der Waals surface area (Å²) in [6.45, 7) is 2.63. The second kappa shape index (κ2) is 6.43. The summed E-state index contributed by atoms with van der Waals surface area (Å²) in [5.74, 6) is 1.57. The number of amides is 1. The van der Waals surface area contributed by atoms with Gasteiger partial charge in [0.15, 0.2) is 6.10 Å². The molecular formula is C20H23N3O3. The number of aromatic nitrogens is 2. The van der Waals surface area contributed by atoms with Gasteiger partial charge in [-0.15, -0.1) is 0 Å². The van der Waals surface area contributed by atoms with Crippen molar-refractivity contribution < 1.29 is 14.3 Å². The summed E-state index contributed by atoms with van der Waals surface area (Å²) in [7, 11) is 0. The highest BCUT2D eigenvalue weighted by atomic mass is 16.5. The summed E-state index contributed by atoms with van der Waals surface area (Å²) < 4.78 is 14.0. The van der Waals surface area contributed by atoms with Crippen LogP contribution in [0, 0.1) is 5.92 Å². The number of carbonyl (C=O) groups is 1. The van der Waals surface area contributed by atoms with Gasteiger partial charge >= 0.3 is 0 Å². The number of nitrogens with zero attached hydrogens (tertiary/aromatic N) is 3. The highest BCUT2D eigenvalue weighted by molar-refractivity contribution is 5.82. The minimum absolute atomic E-state index is 0.0236. The molecule has 2 unspecified atom stereocenters. The first kappa shape index (κ1) is 15.9. The molecule has 6 heteroatoms. The van der Waals surface area contributed by atoms with Crippen molar-refractivity contribution in [3.05, 3.63) is 47.8 Å². The van der Waals surface area contributed by atoms with Crippen LogP contribution in [-0.4, -0.2) is 45.9 Å². The van der Waals surface area contributed by atoms with Crippen LogP contribution in [0.3, 0.4) is 0 Å². The molecule has 3 aliphatic rings. The molecule has 26 heavy (non-hydrogen) atoms. The zero-order chi connectivity index (χ0) is 17.5. The fourth-order valence-electron chi connectivity index (χ4n) is 3.77. The van der Waals surface area contributed by atoms with E-state index in [-0.39, 0.29) is 12.0 Å². The minimum Gasteiger partial charge on any atom is -0.480 e. The fraction of sp³-hybridized carbons (Fsp3) is 0.500. The van der Waals surface area contributed by atoms with Crippen molar-refractivity contribution in [2.24, 2.45) is 5.92 Å². The number of hydrogen-bond acceptors (Lipinski definition) is 4. The Morgan fingerprint density at radius 2 is 2.12 bits per heavy atom. The third-order valence-corrected chi connectivity index (χ3v) is 5.46. The number of ether oxygens (including phenoxy) is 2. The summed E-state index contributed by atoms with van der Waals surface area (Å²) in [4.78, 5) is 15.0. The maximum Gasteiger partial charge on any atom is 0.264 e. The average Bonchev–Trinajstić information content (AvgIpc) is 3.28. The van der Waals surface area contributed by atoms with Crippen LogP contribution in [0.4, 0.5) is 0 Å². The Bertz CT molecular complexity index is 789. The minimum atomic E-state index is -0.439. The van der Waals surface area contributed by atoms with Crippen LogP contribution in [0.25, 0.3) is 0 Å². The Morgan fingerprint density at radius 1 is 1.23 bits per heavy atom. The van der Waals surface area contributed by atoms with Gasteiger partial charge in [-0.05, 0) is 36.5 Å². The number of hydrogen-bond donors (Lipinski definition) is 0. The molecule has 5 rings (SSSR count). The first-order valence-electron chi connectivity index (χ1n) is 9.42. The third-order valence-electron chi connectivity index (χ3n) is 5.46. The molecule has 0 radical (unpaired) electrons. The van der Waals surface area contributed by atoms with Crippen LogP contribution in [0.5, 0.6) is 5.75 Å². The molecule has 2 aromatic rings. The summed E-state index contributed by atoms with van der Waals surface area (Å²) in [6, 6.07) is 9.87. The lowest BCUT2D eigenvalue weighted by Gasteiger charge is -2.26. The van der Waals surface area contributed by atoms with Gasteiger partial charge in [0.1, 0.15) is 5.75 Å². The lowest BCUT2D eigenvalue weighted by atomic mass is 10.1. The molecule has 136 valence electrons. The average molecular weight is 353 g/mol. The molecule has 2 atom stereocenters. The monoisotopic (exact) mass is 353 g/mol. The standard InChI is InChI=1S/C20H23N3O3/c24-20(19-9-15-3-1-2-4-18(15)26-19)22-10-16-7-8-21-23(16)12-17(11-22)25-13-14-5-6-14/h1-4,7-8,14,17,19H,5-6,9-13H2. The second-order valence-electron chi connectivity index (χ2n) is 7.54. The topological polar surface area (TPSA) is 56.6 Å². The van der Waals surface area contributed by atoms with Crippen LogP contribution in [-0.2, 0) is 29.0 Å². The SMILES string of the molecule is O=C(C1Cc2ccccc2O1)N1Cc2ccnn2CC(OCC2CC2)C1. The quantitative estimate of drug-likeness (QED) is 0.844. The second-order valence-corrected chi connectivity index (χ2v) is 7.54. The van der Waals surface area contributed by atoms with Gasteiger partial charge in [-0.2, -0.15) is 5.10 Å². The first-order valence-corrected chi connectivity index (χ1v) is 9.42. The molecule has 6 nitrogen and oxygen atoms in total. The third kappa shape index (κ3) is 3.09. The van der Waals surface area contributed by atoms with E-state index in [9.17, 15) is 4.79 Å². The molecule has 1 aromatic carbocycles. The van der Waals surface area contributed by atoms with Crippen molar-refractivity contribution in [2.75, 3.05) is 13.2 Å². The van der Waals surface area contributed by atoms with Gasteiger partial charge in [-0.25, -0.2) is 0 Å². The van der Waals surface area contributed by atoms with Crippen molar-refractivity contribution in [3.63, 3.8) is 0 Å². The molecule has 0 bridgehead atoms. The molecule has 1 aliphatic carbocycles. The van der Waals surface area contributed by atoms with E-state index in [0.29, 0.717) is 32.0 Å². The molecule has 3 heterocycles. The molecule has 0 N–H and O–H groups in total. The zero-order valence-corrected chi connectivity index (χ0v) is 14.7. The van der Waals surface area contributed by atoms with Crippen LogP contribution < -0.4 is 4.74 Å². The fourth-order valence-corrected chi connectivity index (χ4v) is 3.77. The zero-order valence-electron chi connectivity index (χ0n) is 14.7. The summed E-state index contributed by atoms with van der Waals surface area (Å²) in [6.07, 6.45) is 4.49. The highest BCUT2D eigenvalue weighted by Gasteiger charge is 2.35. The molecule has 1 aromatic heterocycles. The van der Waals surface area contributed by atoms with E-state index in [1.54, 1.807) is 6.20 Å². The van der Waals surface area contributed by atoms with Gasteiger partial charge in [0, 0.05) is 25.8 Å². The van der Waals surface area contributed by atoms with Gasteiger partial charge in [-0.3, -0.25) is 9.48 Å². The summed E-state index contributed by atoms with van der Waals surface area (Å²) in [5, 5.41) is 4.40. The van der Waals surface area contributed by atoms with Gasteiger partial charge in [-0.1, -0.05) is 18.2 Å². The maximum atomic E-state index is 13.2. The van der Waals surface area contributed by atoms with Gasteiger partial charge in [0.05, 0.1) is 24.9 Å². The van der Waals surface area contributed by atoms with Crippen LogP contribution in [0.15, 0.2) is 36.5 Å². The Hall–Kier alpha value is -2.34. The molecular weight excluding hydrogens is 330 g/mol. The van der Waals surface area contributed by atoms with Gasteiger partial charge < -0.3 is 14.4 Å². The summed E-state index contributed by atoms with van der Waals surface area (Å²) in [5.41, 5.74) is 2.15. The van der Waals surface area contributed by atoms with E-state index in [1.807, 2.05) is 39.9 Å². The Balaban J connectivity index is 1.32. The van der Waals surface area contributed by atoms with Crippen molar-refractivity contribution in [2.45, 2.75) is 44.6 Å². The Morgan fingerprint density at radius 3 is 2.96 bits per heavy atom.